The highest BCUT2D eigenvalue weighted by atomic mass is 35.5. The van der Waals surface area contributed by atoms with Crippen molar-refractivity contribution >= 4 is 17.6 Å². The number of halogens is 1. The van der Waals surface area contributed by atoms with Crippen molar-refractivity contribution in [2.75, 3.05) is 0 Å². The number of esters is 1. The normalized spacial score (nSPS) is 14.2. The molecule has 3 nitrogen and oxygen atoms in total. The third-order valence-electron chi connectivity index (χ3n) is 1.97. The standard InChI is InChI=1S/C12H15ClO3/c1-9(16-10(2)14)12(13)15-8-11-6-4-3-5-7-11/h3-7,9,12H,8H2,1-2H3. The molecule has 0 radical (unpaired) electrons. The van der Waals surface area contributed by atoms with Crippen LogP contribution >= 0.6 is 11.6 Å². The summed E-state index contributed by atoms with van der Waals surface area (Å²) in [5.41, 5.74) is 0.396. The van der Waals surface area contributed by atoms with Crippen molar-refractivity contribution in [3.05, 3.63) is 35.9 Å². The molecule has 0 aliphatic carbocycles. The fourth-order valence-electron chi connectivity index (χ4n) is 1.20. The monoisotopic (exact) mass is 242 g/mol. The first-order valence-corrected chi connectivity index (χ1v) is 5.50. The highest BCUT2D eigenvalue weighted by Gasteiger charge is 2.17. The molecule has 0 saturated carbocycles. The van der Waals surface area contributed by atoms with Crippen molar-refractivity contribution in [1.29, 1.82) is 0 Å². The zero-order chi connectivity index (χ0) is 12.0. The second-order valence-electron chi connectivity index (χ2n) is 3.46. The molecule has 0 fully saturated rings. The molecule has 0 heterocycles. The minimum Gasteiger partial charge on any atom is -0.459 e. The number of ether oxygens (including phenoxy) is 2. The van der Waals surface area contributed by atoms with E-state index in [1.54, 1.807) is 6.92 Å². The van der Waals surface area contributed by atoms with Gasteiger partial charge in [0.05, 0.1) is 6.61 Å². The molecule has 2 atom stereocenters. The molecule has 1 aromatic carbocycles. The molecule has 1 rings (SSSR count). The van der Waals surface area contributed by atoms with Crippen molar-refractivity contribution < 1.29 is 14.3 Å². The zero-order valence-corrected chi connectivity index (χ0v) is 10.1. The summed E-state index contributed by atoms with van der Waals surface area (Å²) in [4.78, 5) is 10.7. The summed E-state index contributed by atoms with van der Waals surface area (Å²) in [6.45, 7) is 3.45. The number of hydrogen-bond donors (Lipinski definition) is 0. The molecule has 0 amide bonds. The van der Waals surface area contributed by atoms with Crippen LogP contribution in [0.3, 0.4) is 0 Å². The van der Waals surface area contributed by atoms with Gasteiger partial charge in [-0.05, 0) is 12.5 Å². The van der Waals surface area contributed by atoms with E-state index in [1.807, 2.05) is 30.3 Å². The van der Waals surface area contributed by atoms with E-state index in [9.17, 15) is 4.79 Å². The molecule has 0 aliphatic heterocycles. The lowest BCUT2D eigenvalue weighted by Crippen LogP contribution is -2.25. The summed E-state index contributed by atoms with van der Waals surface area (Å²) in [6, 6.07) is 9.68. The Kier molecular flexibility index (Phi) is 5.29. The van der Waals surface area contributed by atoms with Gasteiger partial charge in [-0.25, -0.2) is 0 Å². The number of rotatable bonds is 5. The van der Waals surface area contributed by atoms with Crippen LogP contribution in [0.1, 0.15) is 19.4 Å². The maximum absolute atomic E-state index is 10.7. The lowest BCUT2D eigenvalue weighted by atomic mass is 10.2. The molecule has 4 heteroatoms. The third-order valence-corrected chi connectivity index (χ3v) is 2.45. The van der Waals surface area contributed by atoms with E-state index in [2.05, 4.69) is 0 Å². The van der Waals surface area contributed by atoms with E-state index in [1.165, 1.54) is 6.92 Å². The van der Waals surface area contributed by atoms with Gasteiger partial charge >= 0.3 is 5.97 Å². The molecule has 0 bridgehead atoms. The Morgan fingerprint density at radius 3 is 2.56 bits per heavy atom. The quantitative estimate of drug-likeness (QED) is 0.588. The minimum absolute atomic E-state index is 0.360. The van der Waals surface area contributed by atoms with Gasteiger partial charge in [0.15, 0.2) is 5.56 Å². The van der Waals surface area contributed by atoms with E-state index < -0.39 is 11.7 Å². The number of hydrogen-bond acceptors (Lipinski definition) is 3. The maximum Gasteiger partial charge on any atom is 0.303 e. The minimum atomic E-state index is -0.635. The zero-order valence-electron chi connectivity index (χ0n) is 9.35. The Morgan fingerprint density at radius 2 is 2.00 bits per heavy atom. The van der Waals surface area contributed by atoms with Crippen LogP contribution in [0.15, 0.2) is 30.3 Å². The summed E-state index contributed by atoms with van der Waals surface area (Å²) in [5, 5.41) is 0. The van der Waals surface area contributed by atoms with Gasteiger partial charge < -0.3 is 9.47 Å². The Labute approximate surface area is 100 Å². The van der Waals surface area contributed by atoms with Gasteiger partial charge in [0.1, 0.15) is 6.10 Å². The van der Waals surface area contributed by atoms with Crippen molar-refractivity contribution in [3.8, 4) is 0 Å². The summed E-state index contributed by atoms with van der Waals surface area (Å²) >= 11 is 5.93. The summed E-state index contributed by atoms with van der Waals surface area (Å²) in [6.07, 6.45) is -0.456. The fourth-order valence-corrected chi connectivity index (χ4v) is 1.32. The van der Waals surface area contributed by atoms with E-state index in [-0.39, 0.29) is 5.97 Å². The molecule has 0 aromatic heterocycles. The van der Waals surface area contributed by atoms with Crippen molar-refractivity contribution in [2.45, 2.75) is 32.1 Å². The van der Waals surface area contributed by atoms with Gasteiger partial charge in [0, 0.05) is 6.92 Å². The van der Waals surface area contributed by atoms with E-state index in [4.69, 9.17) is 21.1 Å². The van der Waals surface area contributed by atoms with Crippen LogP contribution < -0.4 is 0 Å². The first-order chi connectivity index (χ1) is 7.59. The van der Waals surface area contributed by atoms with E-state index >= 15 is 0 Å². The van der Waals surface area contributed by atoms with Crippen LogP contribution in [0, 0.1) is 0 Å². The average molecular weight is 243 g/mol. The Bertz CT molecular complexity index is 326. The first kappa shape index (κ1) is 13.0. The maximum atomic E-state index is 10.7. The van der Waals surface area contributed by atoms with E-state index in [0.717, 1.165) is 5.56 Å². The van der Waals surface area contributed by atoms with Crippen LogP contribution in [0.5, 0.6) is 0 Å². The summed E-state index contributed by atoms with van der Waals surface area (Å²) < 4.78 is 10.3. The molecular weight excluding hydrogens is 228 g/mol. The average Bonchev–Trinajstić information content (AvgIpc) is 2.26. The van der Waals surface area contributed by atoms with Gasteiger partial charge in [-0.15, -0.1) is 0 Å². The summed E-state index contributed by atoms with van der Waals surface area (Å²) in [7, 11) is 0. The predicted octanol–water partition coefficient (Wildman–Crippen LogP) is 2.72. The molecule has 16 heavy (non-hydrogen) atoms. The molecule has 0 N–H and O–H groups in total. The van der Waals surface area contributed by atoms with Gasteiger partial charge in [-0.3, -0.25) is 4.79 Å². The molecule has 1 aromatic rings. The predicted molar refractivity (Wildman–Crippen MR) is 62.1 cm³/mol. The van der Waals surface area contributed by atoms with Crippen molar-refractivity contribution in [1.82, 2.24) is 0 Å². The Balaban J connectivity index is 2.35. The van der Waals surface area contributed by atoms with Crippen LogP contribution in [0.4, 0.5) is 0 Å². The molecule has 0 saturated heterocycles. The topological polar surface area (TPSA) is 35.5 Å². The molecule has 0 spiro atoms. The third kappa shape index (κ3) is 4.64. The molecule has 88 valence electrons. The van der Waals surface area contributed by atoms with E-state index in [0.29, 0.717) is 6.61 Å². The molecule has 0 aliphatic rings. The Morgan fingerprint density at radius 1 is 1.38 bits per heavy atom. The summed E-state index contributed by atoms with van der Waals surface area (Å²) in [5.74, 6) is -0.360. The van der Waals surface area contributed by atoms with Crippen molar-refractivity contribution in [3.63, 3.8) is 0 Å². The van der Waals surface area contributed by atoms with Gasteiger partial charge in [-0.1, -0.05) is 41.9 Å². The van der Waals surface area contributed by atoms with Gasteiger partial charge in [0.2, 0.25) is 0 Å². The second kappa shape index (κ2) is 6.51. The SMILES string of the molecule is CC(=O)OC(C)C(Cl)OCc1ccccc1. The van der Waals surface area contributed by atoms with Crippen LogP contribution in [-0.4, -0.2) is 17.6 Å². The smallest absolute Gasteiger partial charge is 0.303 e. The molecule has 2 unspecified atom stereocenters. The molecular formula is C12H15ClO3. The highest BCUT2D eigenvalue weighted by molar-refractivity contribution is 6.20. The van der Waals surface area contributed by atoms with Gasteiger partial charge in [0.25, 0.3) is 0 Å². The lowest BCUT2D eigenvalue weighted by molar-refractivity contribution is -0.150. The largest absolute Gasteiger partial charge is 0.459 e. The highest BCUT2D eigenvalue weighted by Crippen LogP contribution is 2.12. The number of benzene rings is 1. The lowest BCUT2D eigenvalue weighted by Gasteiger charge is -2.18. The number of carbonyl (C=O) groups is 1. The van der Waals surface area contributed by atoms with Crippen LogP contribution in [-0.2, 0) is 20.9 Å². The van der Waals surface area contributed by atoms with Gasteiger partial charge in [-0.2, -0.15) is 0 Å². The number of carbonyl (C=O) groups excluding carboxylic acids is 1. The van der Waals surface area contributed by atoms with Crippen molar-refractivity contribution in [2.24, 2.45) is 0 Å². The number of alkyl halides is 1. The van der Waals surface area contributed by atoms with Crippen LogP contribution in [0.25, 0.3) is 0 Å². The Hall–Kier alpha value is -1.06. The van der Waals surface area contributed by atoms with Crippen LogP contribution in [0.2, 0.25) is 0 Å². The first-order valence-electron chi connectivity index (χ1n) is 5.06. The fraction of sp³-hybridized carbons (Fsp3) is 0.417. The second-order valence-corrected chi connectivity index (χ2v) is 3.89.